The smallest absolute Gasteiger partial charge is 0.355 e. The molecule has 1 aromatic rings. The van der Waals surface area contributed by atoms with Crippen LogP contribution in [0.15, 0.2) is 35.4 Å². The Morgan fingerprint density at radius 3 is 2.58 bits per heavy atom. The summed E-state index contributed by atoms with van der Waals surface area (Å²) >= 11 is 0. The Labute approximate surface area is 151 Å². The highest BCUT2D eigenvalue weighted by Crippen LogP contribution is 2.32. The summed E-state index contributed by atoms with van der Waals surface area (Å²) in [6.07, 6.45) is 4.84. The average molecular weight is 355 g/mol. The lowest BCUT2D eigenvalue weighted by Gasteiger charge is -2.30. The molecule has 2 heterocycles. The van der Waals surface area contributed by atoms with Crippen LogP contribution in [0.5, 0.6) is 0 Å². The number of amides is 2. The number of esters is 1. The maximum absolute atomic E-state index is 12.9. The van der Waals surface area contributed by atoms with Gasteiger partial charge in [0.1, 0.15) is 18.6 Å². The summed E-state index contributed by atoms with van der Waals surface area (Å²) in [4.78, 5) is 39.3. The van der Waals surface area contributed by atoms with E-state index in [4.69, 9.17) is 4.74 Å². The standard InChI is InChI=1S/C19H21N3O4/c23-17-14-15(18(24)22(17)13-9-5-2-6-10-13)20-21-16(14)19(25)26-11-12-7-3-1-4-8-12/h1,3-4,7-8,13-15,20H,2,5-6,9-11H2. The van der Waals surface area contributed by atoms with Crippen molar-refractivity contribution in [2.45, 2.75) is 50.8 Å². The summed E-state index contributed by atoms with van der Waals surface area (Å²) in [7, 11) is 0. The molecule has 1 N–H and O–H groups in total. The lowest BCUT2D eigenvalue weighted by Crippen LogP contribution is -2.44. The van der Waals surface area contributed by atoms with E-state index in [1.807, 2.05) is 30.3 Å². The number of fused-ring (bicyclic) bond motifs is 1. The Balaban J connectivity index is 1.45. The number of imide groups is 1. The van der Waals surface area contributed by atoms with E-state index in [2.05, 4.69) is 10.5 Å². The second-order valence-electron chi connectivity index (χ2n) is 6.98. The van der Waals surface area contributed by atoms with Crippen LogP contribution in [0.1, 0.15) is 37.7 Å². The first-order valence-corrected chi connectivity index (χ1v) is 9.08. The van der Waals surface area contributed by atoms with Crippen molar-refractivity contribution in [3.05, 3.63) is 35.9 Å². The maximum atomic E-state index is 12.9. The largest absolute Gasteiger partial charge is 0.456 e. The van der Waals surface area contributed by atoms with Crippen LogP contribution < -0.4 is 5.43 Å². The first-order valence-electron chi connectivity index (χ1n) is 9.08. The van der Waals surface area contributed by atoms with Gasteiger partial charge in [0.05, 0.1) is 0 Å². The number of hydrogen-bond donors (Lipinski definition) is 1. The third kappa shape index (κ3) is 2.87. The highest BCUT2D eigenvalue weighted by Gasteiger charge is 2.56. The Hall–Kier alpha value is -2.70. The summed E-state index contributed by atoms with van der Waals surface area (Å²) in [6.45, 7) is 0.102. The summed E-state index contributed by atoms with van der Waals surface area (Å²) < 4.78 is 5.29. The van der Waals surface area contributed by atoms with E-state index in [0.717, 1.165) is 37.7 Å². The number of likely N-dealkylation sites (tertiary alicyclic amines) is 1. The fraction of sp³-hybridized carbons (Fsp3) is 0.474. The molecular weight excluding hydrogens is 334 g/mol. The minimum Gasteiger partial charge on any atom is -0.456 e. The Morgan fingerprint density at radius 2 is 1.85 bits per heavy atom. The number of rotatable bonds is 4. The molecule has 0 bridgehead atoms. The lowest BCUT2D eigenvalue weighted by molar-refractivity contribution is -0.144. The molecular formula is C19H21N3O4. The van der Waals surface area contributed by atoms with Gasteiger partial charge in [-0.3, -0.25) is 19.9 Å². The Kier molecular flexibility index (Phi) is 4.44. The highest BCUT2D eigenvalue weighted by molar-refractivity contribution is 6.44. The van der Waals surface area contributed by atoms with Gasteiger partial charge in [0.15, 0.2) is 5.71 Å². The van der Waals surface area contributed by atoms with Crippen LogP contribution in [0, 0.1) is 5.92 Å². The van der Waals surface area contributed by atoms with Gasteiger partial charge in [-0.1, -0.05) is 49.6 Å². The van der Waals surface area contributed by atoms with Crippen molar-refractivity contribution < 1.29 is 19.1 Å². The molecule has 0 radical (unpaired) electrons. The number of hydrogen-bond acceptors (Lipinski definition) is 6. The normalized spacial score (nSPS) is 25.7. The average Bonchev–Trinajstić information content (AvgIpc) is 3.22. The van der Waals surface area contributed by atoms with Gasteiger partial charge in [-0.15, -0.1) is 0 Å². The summed E-state index contributed by atoms with van der Waals surface area (Å²) in [6, 6.07) is 8.45. The molecule has 7 heteroatoms. The molecule has 4 rings (SSSR count). The van der Waals surface area contributed by atoms with E-state index < -0.39 is 17.9 Å². The molecule has 0 aromatic heterocycles. The van der Waals surface area contributed by atoms with Crippen molar-refractivity contribution in [1.82, 2.24) is 10.3 Å². The van der Waals surface area contributed by atoms with Crippen LogP contribution in [0.2, 0.25) is 0 Å². The van der Waals surface area contributed by atoms with Crippen LogP contribution in [0.3, 0.4) is 0 Å². The van der Waals surface area contributed by atoms with Gasteiger partial charge in [0.25, 0.3) is 5.91 Å². The first kappa shape index (κ1) is 16.8. The molecule has 1 saturated carbocycles. The van der Waals surface area contributed by atoms with Crippen molar-refractivity contribution in [3.63, 3.8) is 0 Å². The van der Waals surface area contributed by atoms with Gasteiger partial charge in [-0.25, -0.2) is 4.79 Å². The molecule has 2 unspecified atom stereocenters. The van der Waals surface area contributed by atoms with Crippen molar-refractivity contribution >= 4 is 23.5 Å². The number of carbonyl (C=O) groups excluding carboxylic acids is 3. The number of nitrogens with one attached hydrogen (secondary N) is 1. The van der Waals surface area contributed by atoms with Gasteiger partial charge in [-0.05, 0) is 18.4 Å². The quantitative estimate of drug-likeness (QED) is 0.651. The third-order valence-electron chi connectivity index (χ3n) is 5.32. The lowest BCUT2D eigenvalue weighted by atomic mass is 9.94. The number of ether oxygens (including phenoxy) is 1. The highest BCUT2D eigenvalue weighted by atomic mass is 16.5. The Bertz CT molecular complexity index is 755. The van der Waals surface area contributed by atoms with E-state index in [-0.39, 0.29) is 30.2 Å². The number of nitrogens with zero attached hydrogens (tertiary/aromatic N) is 2. The Morgan fingerprint density at radius 1 is 1.12 bits per heavy atom. The van der Waals surface area contributed by atoms with E-state index in [1.165, 1.54) is 4.90 Å². The van der Waals surface area contributed by atoms with Gasteiger partial charge < -0.3 is 4.74 Å². The zero-order valence-corrected chi connectivity index (χ0v) is 14.4. The summed E-state index contributed by atoms with van der Waals surface area (Å²) in [5, 5.41) is 3.94. The summed E-state index contributed by atoms with van der Waals surface area (Å²) in [5.74, 6) is -2.12. The van der Waals surface area contributed by atoms with E-state index in [1.54, 1.807) is 0 Å². The van der Waals surface area contributed by atoms with Gasteiger partial charge in [0, 0.05) is 6.04 Å². The van der Waals surface area contributed by atoms with Crippen molar-refractivity contribution in [3.8, 4) is 0 Å². The third-order valence-corrected chi connectivity index (χ3v) is 5.32. The summed E-state index contributed by atoms with van der Waals surface area (Å²) in [5.41, 5.74) is 3.52. The number of carbonyl (C=O) groups is 3. The molecule has 136 valence electrons. The molecule has 0 spiro atoms. The molecule has 3 aliphatic rings. The van der Waals surface area contributed by atoms with Crippen LogP contribution >= 0.6 is 0 Å². The fourth-order valence-corrected chi connectivity index (χ4v) is 3.98. The second-order valence-corrected chi connectivity index (χ2v) is 6.98. The predicted octanol–water partition coefficient (Wildman–Crippen LogP) is 1.38. The molecule has 2 fully saturated rings. The van der Waals surface area contributed by atoms with Crippen LogP contribution in [0.25, 0.3) is 0 Å². The molecule has 2 atom stereocenters. The molecule has 2 amide bonds. The zero-order chi connectivity index (χ0) is 18.1. The molecule has 26 heavy (non-hydrogen) atoms. The minimum atomic E-state index is -0.868. The van der Waals surface area contributed by atoms with Gasteiger partial charge in [-0.2, -0.15) is 5.10 Å². The molecule has 1 saturated heterocycles. The molecule has 2 aliphatic heterocycles. The molecule has 7 nitrogen and oxygen atoms in total. The van der Waals surface area contributed by atoms with Crippen LogP contribution in [0.4, 0.5) is 0 Å². The SMILES string of the molecule is O=C(OCc1ccccc1)C1=NNC2C(=O)N(C3CCCCC3)C(=O)C12. The topological polar surface area (TPSA) is 88.1 Å². The molecule has 1 aliphatic carbocycles. The fourth-order valence-electron chi connectivity index (χ4n) is 3.98. The first-order chi connectivity index (χ1) is 12.7. The van der Waals surface area contributed by atoms with Crippen LogP contribution in [-0.4, -0.2) is 40.5 Å². The minimum absolute atomic E-state index is 0.00240. The van der Waals surface area contributed by atoms with E-state index >= 15 is 0 Å². The van der Waals surface area contributed by atoms with Crippen molar-refractivity contribution in [2.75, 3.05) is 0 Å². The van der Waals surface area contributed by atoms with Crippen molar-refractivity contribution in [1.29, 1.82) is 0 Å². The molecule has 1 aromatic carbocycles. The van der Waals surface area contributed by atoms with Gasteiger partial charge in [0.2, 0.25) is 5.91 Å². The van der Waals surface area contributed by atoms with Crippen LogP contribution in [-0.2, 0) is 25.7 Å². The van der Waals surface area contributed by atoms with Crippen molar-refractivity contribution in [2.24, 2.45) is 11.0 Å². The van der Waals surface area contributed by atoms with Gasteiger partial charge >= 0.3 is 5.97 Å². The number of hydrazone groups is 1. The second kappa shape index (κ2) is 6.90. The zero-order valence-electron chi connectivity index (χ0n) is 14.4. The monoisotopic (exact) mass is 355 g/mol. The van der Waals surface area contributed by atoms with E-state index in [9.17, 15) is 14.4 Å². The number of benzene rings is 1. The maximum Gasteiger partial charge on any atom is 0.355 e. The predicted molar refractivity (Wildman–Crippen MR) is 92.8 cm³/mol. The van der Waals surface area contributed by atoms with E-state index in [0.29, 0.717) is 0 Å².